The van der Waals surface area contributed by atoms with E-state index in [-0.39, 0.29) is 23.6 Å². The Labute approximate surface area is 134 Å². The highest BCUT2D eigenvalue weighted by Crippen LogP contribution is 2.40. The molecule has 22 heavy (non-hydrogen) atoms. The van der Waals surface area contributed by atoms with E-state index in [2.05, 4.69) is 5.15 Å². The SMILES string of the molecule is CC(=O)OCC1=C(C(=O)ON[Si](C)(C)C)N2C(=O)C[C@@H]2SC1. The second kappa shape index (κ2) is 6.43. The van der Waals surface area contributed by atoms with Crippen molar-refractivity contribution in [2.24, 2.45) is 0 Å². The monoisotopic (exact) mass is 344 g/mol. The van der Waals surface area contributed by atoms with E-state index in [9.17, 15) is 14.4 Å². The van der Waals surface area contributed by atoms with Gasteiger partial charge in [0.1, 0.15) is 12.3 Å². The molecule has 1 atom stereocenters. The molecule has 1 N–H and O–H groups in total. The lowest BCUT2D eigenvalue weighted by atomic mass is 10.1. The summed E-state index contributed by atoms with van der Waals surface area (Å²) in [6.45, 7) is 7.27. The molecule has 0 aromatic heterocycles. The van der Waals surface area contributed by atoms with Gasteiger partial charge >= 0.3 is 11.9 Å². The van der Waals surface area contributed by atoms with Gasteiger partial charge in [-0.3, -0.25) is 14.5 Å². The first-order chi connectivity index (χ1) is 10.2. The number of hydrogen-bond donors (Lipinski definition) is 1. The third-order valence-corrected chi connectivity index (χ3v) is 5.02. The molecular formula is C13H20N2O5SSi. The molecule has 0 bridgehead atoms. The summed E-state index contributed by atoms with van der Waals surface area (Å²) in [7, 11) is -1.79. The Morgan fingerprint density at radius 1 is 1.41 bits per heavy atom. The lowest BCUT2D eigenvalue weighted by molar-refractivity contribution is -0.152. The average molecular weight is 344 g/mol. The van der Waals surface area contributed by atoms with Gasteiger partial charge in [-0.1, -0.05) is 19.6 Å². The Balaban J connectivity index is 2.19. The summed E-state index contributed by atoms with van der Waals surface area (Å²) in [6, 6.07) is 0. The predicted molar refractivity (Wildman–Crippen MR) is 83.9 cm³/mol. The van der Waals surface area contributed by atoms with Gasteiger partial charge in [-0.15, -0.1) is 11.8 Å². The van der Waals surface area contributed by atoms with Gasteiger partial charge in [0.25, 0.3) is 0 Å². The van der Waals surface area contributed by atoms with E-state index in [4.69, 9.17) is 9.57 Å². The Morgan fingerprint density at radius 2 is 2.09 bits per heavy atom. The standard InChI is InChI=1S/C13H20N2O5SSi/c1-8(16)19-6-9-7-21-11-5-10(17)15(11)12(9)13(18)20-14-22(2,3)4/h11,14H,5-7H2,1-4H3/t11-/m0/s1. The molecule has 0 saturated carbocycles. The van der Waals surface area contributed by atoms with E-state index < -0.39 is 20.2 Å². The van der Waals surface area contributed by atoms with Gasteiger partial charge in [-0.25, -0.2) is 4.79 Å². The molecule has 2 heterocycles. The minimum absolute atomic E-state index is 0.00376. The number of β-lactam (4-membered cyclic amide) rings is 1. The molecular weight excluding hydrogens is 324 g/mol. The lowest BCUT2D eigenvalue weighted by Crippen LogP contribution is -2.55. The first-order valence-corrected chi connectivity index (χ1v) is 11.5. The molecule has 2 rings (SSSR count). The number of ether oxygens (including phenoxy) is 1. The molecule has 0 aromatic rings. The Kier molecular flexibility index (Phi) is 4.98. The van der Waals surface area contributed by atoms with Crippen molar-refractivity contribution in [2.75, 3.05) is 12.4 Å². The Morgan fingerprint density at radius 3 is 2.64 bits per heavy atom. The van der Waals surface area contributed by atoms with E-state index in [1.165, 1.54) is 11.8 Å². The van der Waals surface area contributed by atoms with Crippen molar-refractivity contribution in [2.45, 2.75) is 38.4 Å². The number of carbonyl (C=O) groups is 3. The normalized spacial score (nSPS) is 21.2. The highest BCUT2D eigenvalue weighted by molar-refractivity contribution is 8.00. The van der Waals surface area contributed by atoms with Crippen LogP contribution < -0.4 is 5.15 Å². The van der Waals surface area contributed by atoms with Crippen LogP contribution in [0.25, 0.3) is 0 Å². The number of amides is 1. The number of hydrogen-bond acceptors (Lipinski definition) is 7. The molecule has 0 spiro atoms. The summed E-state index contributed by atoms with van der Waals surface area (Å²) in [5, 5.41) is 2.76. The van der Waals surface area contributed by atoms with Crippen molar-refractivity contribution >= 4 is 37.8 Å². The fourth-order valence-corrected chi connectivity index (χ4v) is 3.66. The zero-order valence-electron chi connectivity index (χ0n) is 13.1. The van der Waals surface area contributed by atoms with Crippen LogP contribution in [0, 0.1) is 0 Å². The number of nitrogens with zero attached hydrogens (tertiary/aromatic N) is 1. The molecule has 9 heteroatoms. The molecule has 122 valence electrons. The summed E-state index contributed by atoms with van der Waals surface area (Å²) in [4.78, 5) is 41.8. The minimum atomic E-state index is -1.79. The van der Waals surface area contributed by atoms with E-state index in [0.717, 1.165) is 0 Å². The summed E-state index contributed by atoms with van der Waals surface area (Å²) in [5.41, 5.74) is 0.818. The van der Waals surface area contributed by atoms with Crippen molar-refractivity contribution < 1.29 is 24.0 Å². The number of thioether (sulfide) groups is 1. The van der Waals surface area contributed by atoms with Crippen LogP contribution in [0.15, 0.2) is 11.3 Å². The van der Waals surface area contributed by atoms with E-state index in [1.54, 1.807) is 11.8 Å². The molecule has 0 aromatic carbocycles. The van der Waals surface area contributed by atoms with Crippen LogP contribution in [0.5, 0.6) is 0 Å². The van der Waals surface area contributed by atoms with Gasteiger partial charge in [0.2, 0.25) is 5.91 Å². The largest absolute Gasteiger partial charge is 0.461 e. The number of carbonyl (C=O) groups excluding carboxylic acids is 3. The average Bonchev–Trinajstić information content (AvgIpc) is 2.40. The third-order valence-electron chi connectivity index (χ3n) is 3.02. The summed E-state index contributed by atoms with van der Waals surface area (Å²) < 4.78 is 4.98. The maximum Gasteiger partial charge on any atom is 0.373 e. The molecule has 0 aliphatic carbocycles. The number of rotatable bonds is 5. The number of esters is 1. The van der Waals surface area contributed by atoms with Gasteiger partial charge in [0.05, 0.1) is 11.8 Å². The summed E-state index contributed by atoms with van der Waals surface area (Å²) in [6.07, 6.45) is 0.420. The Hall–Kier alpha value is -1.32. The van der Waals surface area contributed by atoms with Crippen molar-refractivity contribution in [3.63, 3.8) is 0 Å². The first kappa shape index (κ1) is 17.0. The fourth-order valence-electron chi connectivity index (χ4n) is 2.01. The predicted octanol–water partition coefficient (Wildman–Crippen LogP) is 0.991. The van der Waals surface area contributed by atoms with Crippen LogP contribution in [0.4, 0.5) is 0 Å². The van der Waals surface area contributed by atoms with Gasteiger partial charge in [-0.2, -0.15) is 5.15 Å². The van der Waals surface area contributed by atoms with Gasteiger partial charge < -0.3 is 9.57 Å². The maximum atomic E-state index is 12.4. The van der Waals surface area contributed by atoms with Crippen LogP contribution >= 0.6 is 11.8 Å². The highest BCUT2D eigenvalue weighted by Gasteiger charge is 2.46. The second-order valence-electron chi connectivity index (χ2n) is 6.21. The Bertz CT molecular complexity index is 543. The van der Waals surface area contributed by atoms with Crippen LogP contribution in [-0.2, 0) is 24.0 Å². The van der Waals surface area contributed by atoms with Crippen molar-refractivity contribution in [1.82, 2.24) is 10.0 Å². The van der Waals surface area contributed by atoms with Crippen LogP contribution in [0.3, 0.4) is 0 Å². The molecule has 1 fully saturated rings. The fraction of sp³-hybridized carbons (Fsp3) is 0.615. The van der Waals surface area contributed by atoms with Crippen molar-refractivity contribution in [1.29, 1.82) is 0 Å². The zero-order valence-corrected chi connectivity index (χ0v) is 14.9. The molecule has 1 saturated heterocycles. The first-order valence-electron chi connectivity index (χ1n) is 6.96. The zero-order chi connectivity index (χ0) is 16.5. The molecule has 2 aliphatic rings. The second-order valence-corrected chi connectivity index (χ2v) is 12.1. The lowest BCUT2D eigenvalue weighted by Gasteiger charge is -2.44. The minimum Gasteiger partial charge on any atom is -0.461 e. The smallest absolute Gasteiger partial charge is 0.373 e. The third kappa shape index (κ3) is 3.90. The summed E-state index contributed by atoms with van der Waals surface area (Å²) >= 11 is 1.56. The molecule has 0 radical (unpaired) electrons. The molecule has 1 amide bonds. The van der Waals surface area contributed by atoms with Gasteiger partial charge in [-0.05, 0) is 0 Å². The number of nitrogens with one attached hydrogen (secondary N) is 1. The topological polar surface area (TPSA) is 84.9 Å². The van der Waals surface area contributed by atoms with Gasteiger partial charge in [0, 0.05) is 18.2 Å². The summed E-state index contributed by atoms with van der Waals surface area (Å²) in [5.74, 6) is -0.595. The van der Waals surface area contributed by atoms with Crippen LogP contribution in [0.1, 0.15) is 13.3 Å². The van der Waals surface area contributed by atoms with Crippen LogP contribution in [-0.4, -0.2) is 48.7 Å². The quantitative estimate of drug-likeness (QED) is 0.344. The maximum absolute atomic E-state index is 12.4. The van der Waals surface area contributed by atoms with Crippen LogP contribution in [0.2, 0.25) is 19.6 Å². The highest BCUT2D eigenvalue weighted by atomic mass is 32.2. The van der Waals surface area contributed by atoms with Crippen molar-refractivity contribution in [3.8, 4) is 0 Å². The van der Waals surface area contributed by atoms with E-state index in [1.807, 2.05) is 19.6 Å². The molecule has 7 nitrogen and oxygen atoms in total. The van der Waals surface area contributed by atoms with Gasteiger partial charge in [0.15, 0.2) is 8.24 Å². The van der Waals surface area contributed by atoms with Crippen molar-refractivity contribution in [3.05, 3.63) is 11.3 Å². The molecule has 2 aliphatic heterocycles. The number of fused-ring (bicyclic) bond motifs is 1. The van der Waals surface area contributed by atoms with E-state index in [0.29, 0.717) is 17.7 Å². The molecule has 0 unspecified atom stereocenters. The van der Waals surface area contributed by atoms with E-state index >= 15 is 0 Å².